The van der Waals surface area contributed by atoms with Gasteiger partial charge in [0.1, 0.15) is 0 Å². The van der Waals surface area contributed by atoms with Crippen LogP contribution in [-0.4, -0.2) is 23.2 Å². The molecule has 3 aromatic rings. The van der Waals surface area contributed by atoms with Gasteiger partial charge in [-0.05, 0) is 42.1 Å². The molecule has 0 radical (unpaired) electrons. The van der Waals surface area contributed by atoms with E-state index in [9.17, 15) is 0 Å². The molecule has 0 saturated heterocycles. The fraction of sp³-hybridized carbons (Fsp3) is 0.227. The Balaban J connectivity index is 1.86. The number of hydrogen-bond acceptors (Lipinski definition) is 3. The van der Waals surface area contributed by atoms with E-state index in [1.165, 1.54) is 16.7 Å². The molecule has 0 atom stereocenters. The largest absolute Gasteiger partial charge is 0.396 e. The average molecular weight is 332 g/mol. The van der Waals surface area contributed by atoms with Gasteiger partial charge in [0.05, 0.1) is 5.69 Å². The maximum atomic E-state index is 8.84. The maximum absolute atomic E-state index is 8.84. The zero-order chi connectivity index (χ0) is 17.3. The molecule has 0 unspecified atom stereocenters. The molecule has 3 rings (SSSR count). The fourth-order valence-corrected chi connectivity index (χ4v) is 2.88. The summed E-state index contributed by atoms with van der Waals surface area (Å²) in [5.41, 5.74) is 5.76. The summed E-state index contributed by atoms with van der Waals surface area (Å²) in [6.45, 7) is 1.88. The van der Waals surface area contributed by atoms with Gasteiger partial charge < -0.3 is 10.4 Å². The van der Waals surface area contributed by atoms with Crippen LogP contribution < -0.4 is 5.32 Å². The topological polar surface area (TPSA) is 45.1 Å². The molecule has 0 amide bonds. The molecule has 0 saturated carbocycles. The number of rotatable bonds is 8. The number of hydrogen-bond donors (Lipinski definition) is 2. The Kier molecular flexibility index (Phi) is 6.32. The van der Waals surface area contributed by atoms with E-state index in [-0.39, 0.29) is 6.61 Å². The molecule has 0 fully saturated rings. The molecule has 0 aliphatic carbocycles. The predicted octanol–water partition coefficient (Wildman–Crippen LogP) is 4.28. The quantitative estimate of drug-likeness (QED) is 0.605. The highest BCUT2D eigenvalue weighted by molar-refractivity contribution is 5.83. The van der Waals surface area contributed by atoms with Crippen molar-refractivity contribution >= 4 is 0 Å². The first-order valence-electron chi connectivity index (χ1n) is 8.80. The number of unbranched alkanes of at least 4 members (excludes halogenated alkanes) is 1. The van der Waals surface area contributed by atoms with Crippen molar-refractivity contribution in [2.45, 2.75) is 19.4 Å². The summed E-state index contributed by atoms with van der Waals surface area (Å²) in [6.07, 6.45) is 3.79. The van der Waals surface area contributed by atoms with Gasteiger partial charge >= 0.3 is 0 Å². The van der Waals surface area contributed by atoms with Crippen molar-refractivity contribution in [3.8, 4) is 22.3 Å². The highest BCUT2D eigenvalue weighted by atomic mass is 16.2. The molecule has 0 spiro atoms. The Bertz CT molecular complexity index is 773. The average Bonchev–Trinajstić information content (AvgIpc) is 2.69. The van der Waals surface area contributed by atoms with Gasteiger partial charge in [0.2, 0.25) is 0 Å². The summed E-state index contributed by atoms with van der Waals surface area (Å²) in [5.74, 6) is 0. The first kappa shape index (κ1) is 17.3. The zero-order valence-corrected chi connectivity index (χ0v) is 14.4. The number of aliphatic hydroxyl groups excluding tert-OH is 1. The third-order valence-corrected chi connectivity index (χ3v) is 4.20. The fourth-order valence-electron chi connectivity index (χ4n) is 2.88. The molecule has 25 heavy (non-hydrogen) atoms. The van der Waals surface area contributed by atoms with Gasteiger partial charge in [0.15, 0.2) is 0 Å². The predicted molar refractivity (Wildman–Crippen MR) is 103 cm³/mol. The minimum atomic E-state index is 0.254. The first-order valence-corrected chi connectivity index (χ1v) is 8.80. The molecule has 0 bridgehead atoms. The highest BCUT2D eigenvalue weighted by Gasteiger charge is 2.09. The molecule has 1 aromatic heterocycles. The van der Waals surface area contributed by atoms with Crippen molar-refractivity contribution < 1.29 is 5.11 Å². The van der Waals surface area contributed by atoms with Crippen LogP contribution in [0.4, 0.5) is 0 Å². The molecule has 2 aromatic carbocycles. The van der Waals surface area contributed by atoms with Crippen LogP contribution >= 0.6 is 0 Å². The molecule has 0 aliphatic heterocycles. The van der Waals surface area contributed by atoms with Crippen LogP contribution in [0.2, 0.25) is 0 Å². The SMILES string of the molecule is OCCCCNCc1cc(-c2ccccc2)c(-c2ccccc2)cn1. The highest BCUT2D eigenvalue weighted by Crippen LogP contribution is 2.31. The van der Waals surface area contributed by atoms with E-state index in [0.717, 1.165) is 37.2 Å². The van der Waals surface area contributed by atoms with Gasteiger partial charge in [-0.3, -0.25) is 4.98 Å². The number of aliphatic hydroxyl groups is 1. The molecule has 2 N–H and O–H groups in total. The van der Waals surface area contributed by atoms with Crippen LogP contribution in [0.1, 0.15) is 18.5 Å². The normalized spacial score (nSPS) is 10.8. The Labute approximate surface area is 149 Å². The van der Waals surface area contributed by atoms with Gasteiger partial charge in [-0.15, -0.1) is 0 Å². The number of benzene rings is 2. The van der Waals surface area contributed by atoms with Crippen LogP contribution in [0.15, 0.2) is 72.9 Å². The summed E-state index contributed by atoms with van der Waals surface area (Å²) >= 11 is 0. The molecular formula is C22H24N2O. The number of pyridine rings is 1. The van der Waals surface area contributed by atoms with E-state index in [4.69, 9.17) is 5.11 Å². The standard InChI is InChI=1S/C22H24N2O/c25-14-8-7-13-23-16-20-15-21(18-9-3-1-4-10-18)22(17-24-20)19-11-5-2-6-12-19/h1-6,9-12,15,17,23,25H,7-8,13-14,16H2. The van der Waals surface area contributed by atoms with E-state index in [0.29, 0.717) is 0 Å². The summed E-state index contributed by atoms with van der Waals surface area (Å²) in [6, 6.07) is 23.0. The van der Waals surface area contributed by atoms with E-state index < -0.39 is 0 Å². The van der Waals surface area contributed by atoms with Crippen LogP contribution in [0.25, 0.3) is 22.3 Å². The third-order valence-electron chi connectivity index (χ3n) is 4.20. The van der Waals surface area contributed by atoms with Crippen LogP contribution in [0.3, 0.4) is 0 Å². The van der Waals surface area contributed by atoms with Crippen molar-refractivity contribution in [2.75, 3.05) is 13.2 Å². The van der Waals surface area contributed by atoms with E-state index >= 15 is 0 Å². The lowest BCUT2D eigenvalue weighted by Crippen LogP contribution is -2.16. The smallest absolute Gasteiger partial charge is 0.0548 e. The number of aromatic nitrogens is 1. The lowest BCUT2D eigenvalue weighted by molar-refractivity contribution is 0.283. The van der Waals surface area contributed by atoms with Crippen molar-refractivity contribution in [3.63, 3.8) is 0 Å². The van der Waals surface area contributed by atoms with E-state index in [1.54, 1.807) is 0 Å². The molecule has 3 nitrogen and oxygen atoms in total. The minimum absolute atomic E-state index is 0.254. The Morgan fingerprint density at radius 1 is 0.800 bits per heavy atom. The van der Waals surface area contributed by atoms with Gasteiger partial charge in [-0.25, -0.2) is 0 Å². The third kappa shape index (κ3) is 4.75. The molecule has 0 aliphatic rings. The van der Waals surface area contributed by atoms with Crippen LogP contribution in [0.5, 0.6) is 0 Å². The van der Waals surface area contributed by atoms with Crippen LogP contribution in [0, 0.1) is 0 Å². The van der Waals surface area contributed by atoms with Crippen molar-refractivity contribution in [1.29, 1.82) is 0 Å². The second-order valence-corrected chi connectivity index (χ2v) is 6.06. The van der Waals surface area contributed by atoms with Gasteiger partial charge in [-0.2, -0.15) is 0 Å². The van der Waals surface area contributed by atoms with Crippen molar-refractivity contribution in [2.24, 2.45) is 0 Å². The van der Waals surface area contributed by atoms with Gasteiger partial charge in [0.25, 0.3) is 0 Å². The summed E-state index contributed by atoms with van der Waals surface area (Å²) in [4.78, 5) is 4.65. The summed E-state index contributed by atoms with van der Waals surface area (Å²) in [7, 11) is 0. The van der Waals surface area contributed by atoms with Gasteiger partial charge in [-0.1, -0.05) is 60.7 Å². The minimum Gasteiger partial charge on any atom is -0.396 e. The van der Waals surface area contributed by atoms with E-state index in [2.05, 4.69) is 64.9 Å². The Morgan fingerprint density at radius 2 is 1.44 bits per heavy atom. The molecule has 1 heterocycles. The second kappa shape index (κ2) is 9.11. The van der Waals surface area contributed by atoms with E-state index in [1.807, 2.05) is 18.3 Å². The maximum Gasteiger partial charge on any atom is 0.0548 e. The molecular weight excluding hydrogens is 308 g/mol. The monoisotopic (exact) mass is 332 g/mol. The van der Waals surface area contributed by atoms with Gasteiger partial charge in [0, 0.05) is 24.9 Å². The van der Waals surface area contributed by atoms with Crippen LogP contribution in [-0.2, 0) is 6.54 Å². The van der Waals surface area contributed by atoms with Crippen molar-refractivity contribution in [1.82, 2.24) is 10.3 Å². The van der Waals surface area contributed by atoms with Crippen molar-refractivity contribution in [3.05, 3.63) is 78.6 Å². The summed E-state index contributed by atoms with van der Waals surface area (Å²) in [5, 5.41) is 12.2. The number of nitrogens with zero attached hydrogens (tertiary/aromatic N) is 1. The lowest BCUT2D eigenvalue weighted by atomic mass is 9.96. The lowest BCUT2D eigenvalue weighted by Gasteiger charge is -2.12. The summed E-state index contributed by atoms with van der Waals surface area (Å²) < 4.78 is 0. The molecule has 3 heteroatoms. The second-order valence-electron chi connectivity index (χ2n) is 6.06. The zero-order valence-electron chi connectivity index (χ0n) is 14.4. The Morgan fingerprint density at radius 3 is 2.08 bits per heavy atom. The molecule has 128 valence electrons. The number of nitrogens with one attached hydrogen (secondary N) is 1. The first-order chi connectivity index (χ1) is 12.4. The Hall–Kier alpha value is -2.49.